The quantitative estimate of drug-likeness (QED) is 0.661. The molecule has 0 spiro atoms. The topological polar surface area (TPSA) is 58.6 Å². The molecule has 1 amide bonds. The number of amides is 1. The van der Waals surface area contributed by atoms with Gasteiger partial charge in [-0.1, -0.05) is 6.92 Å². The summed E-state index contributed by atoms with van der Waals surface area (Å²) in [4.78, 5) is 26.0. The first-order chi connectivity index (χ1) is 12.9. The van der Waals surface area contributed by atoms with Crippen LogP contribution in [-0.2, 0) is 4.79 Å². The van der Waals surface area contributed by atoms with Crippen LogP contribution >= 0.6 is 0 Å². The Labute approximate surface area is 161 Å². The number of carbonyl (C=O) groups excluding carboxylic acids is 2. The van der Waals surface area contributed by atoms with E-state index in [9.17, 15) is 9.59 Å². The molecule has 27 heavy (non-hydrogen) atoms. The van der Waals surface area contributed by atoms with Gasteiger partial charge in [-0.3, -0.25) is 9.59 Å². The minimum absolute atomic E-state index is 0.0850. The minimum atomic E-state index is -0.229. The molecule has 144 valence electrons. The molecular formula is C22H28N2O3. The number of anilines is 2. The number of nitrogens with zero attached hydrogens (tertiary/aromatic N) is 1. The minimum Gasteiger partial charge on any atom is -0.484 e. The van der Waals surface area contributed by atoms with Crippen LogP contribution in [0.4, 0.5) is 11.4 Å². The van der Waals surface area contributed by atoms with E-state index in [1.807, 2.05) is 31.2 Å². The van der Waals surface area contributed by atoms with Gasteiger partial charge in [0.2, 0.25) is 0 Å². The van der Waals surface area contributed by atoms with Crippen LogP contribution < -0.4 is 15.0 Å². The summed E-state index contributed by atoms with van der Waals surface area (Å²) >= 11 is 0. The van der Waals surface area contributed by atoms with Crippen LogP contribution in [0.2, 0.25) is 0 Å². The lowest BCUT2D eigenvalue weighted by atomic mass is 10.1. The number of nitrogens with one attached hydrogen (secondary N) is 1. The molecule has 0 bridgehead atoms. The molecule has 0 aliphatic rings. The van der Waals surface area contributed by atoms with Crippen molar-refractivity contribution in [3.8, 4) is 5.75 Å². The maximum absolute atomic E-state index is 12.1. The van der Waals surface area contributed by atoms with E-state index in [2.05, 4.69) is 31.0 Å². The van der Waals surface area contributed by atoms with Crippen LogP contribution in [-0.4, -0.2) is 30.9 Å². The van der Waals surface area contributed by atoms with Crippen molar-refractivity contribution in [2.24, 2.45) is 0 Å². The van der Waals surface area contributed by atoms with Crippen molar-refractivity contribution in [2.45, 2.75) is 40.2 Å². The van der Waals surface area contributed by atoms with E-state index < -0.39 is 0 Å². The first-order valence-electron chi connectivity index (χ1n) is 9.37. The Morgan fingerprint density at radius 2 is 1.63 bits per heavy atom. The molecule has 1 N–H and O–H groups in total. The fraction of sp³-hybridized carbons (Fsp3) is 0.364. The summed E-state index contributed by atoms with van der Waals surface area (Å²) in [5, 5.41) is 2.83. The molecule has 0 atom stereocenters. The Hall–Kier alpha value is -2.82. The molecular weight excluding hydrogens is 340 g/mol. The van der Waals surface area contributed by atoms with E-state index >= 15 is 0 Å². The number of ketones is 1. The zero-order valence-corrected chi connectivity index (χ0v) is 16.5. The number of rotatable bonds is 9. The second-order valence-electron chi connectivity index (χ2n) is 6.56. The lowest BCUT2D eigenvalue weighted by Gasteiger charge is -2.27. The standard InChI is InChI=1S/C22H28N2O3/c1-5-21(25)17-7-13-20(14-8-17)27-15-22(26)23-18-9-11-19(12-10-18)24(6-2)16(3)4/h7-14,16H,5-6,15H2,1-4H3,(H,23,26). The number of Topliss-reactive ketones (excluding diaryl/α,β-unsaturated/α-hetero) is 1. The Balaban J connectivity index is 1.87. The zero-order chi connectivity index (χ0) is 19.8. The van der Waals surface area contributed by atoms with Crippen LogP contribution in [0.25, 0.3) is 0 Å². The number of benzene rings is 2. The maximum Gasteiger partial charge on any atom is 0.262 e. The first-order valence-corrected chi connectivity index (χ1v) is 9.37. The third-order valence-corrected chi connectivity index (χ3v) is 4.31. The van der Waals surface area contributed by atoms with Crippen LogP contribution in [0.1, 0.15) is 44.5 Å². The Bertz CT molecular complexity index is 752. The predicted octanol–water partition coefficient (Wildman–Crippen LogP) is 4.53. The Kier molecular flexibility index (Phi) is 7.41. The van der Waals surface area contributed by atoms with Gasteiger partial charge in [-0.15, -0.1) is 0 Å². The maximum atomic E-state index is 12.1. The van der Waals surface area contributed by atoms with E-state index in [0.717, 1.165) is 17.9 Å². The van der Waals surface area contributed by atoms with Crippen molar-refractivity contribution in [2.75, 3.05) is 23.4 Å². The number of hydrogen-bond acceptors (Lipinski definition) is 4. The third kappa shape index (κ3) is 5.84. The lowest BCUT2D eigenvalue weighted by Crippen LogP contribution is -2.30. The van der Waals surface area contributed by atoms with Gasteiger partial charge in [-0.25, -0.2) is 0 Å². The number of hydrogen-bond donors (Lipinski definition) is 1. The predicted molar refractivity (Wildman–Crippen MR) is 110 cm³/mol. The molecule has 0 radical (unpaired) electrons. The second-order valence-corrected chi connectivity index (χ2v) is 6.56. The summed E-state index contributed by atoms with van der Waals surface area (Å²) in [6, 6.07) is 15.0. The van der Waals surface area contributed by atoms with Gasteiger partial charge in [0.25, 0.3) is 5.91 Å². The summed E-state index contributed by atoms with van der Waals surface area (Å²) in [5.41, 5.74) is 2.51. The lowest BCUT2D eigenvalue weighted by molar-refractivity contribution is -0.118. The van der Waals surface area contributed by atoms with Crippen molar-refractivity contribution >= 4 is 23.1 Å². The molecule has 0 aliphatic carbocycles. The highest BCUT2D eigenvalue weighted by molar-refractivity contribution is 5.96. The van der Waals surface area contributed by atoms with Crippen LogP contribution in [0.3, 0.4) is 0 Å². The SMILES string of the molecule is CCC(=O)c1ccc(OCC(=O)Nc2ccc(N(CC)C(C)C)cc2)cc1. The second kappa shape index (κ2) is 9.76. The summed E-state index contributed by atoms with van der Waals surface area (Å²) in [5.74, 6) is 0.415. The van der Waals surface area contributed by atoms with Crippen molar-refractivity contribution < 1.29 is 14.3 Å². The molecule has 0 saturated carbocycles. The molecule has 2 rings (SSSR count). The smallest absolute Gasteiger partial charge is 0.262 e. The largest absolute Gasteiger partial charge is 0.484 e. The van der Waals surface area contributed by atoms with Crippen LogP contribution in [0, 0.1) is 0 Å². The van der Waals surface area contributed by atoms with Gasteiger partial charge in [0.1, 0.15) is 5.75 Å². The highest BCUT2D eigenvalue weighted by atomic mass is 16.5. The van der Waals surface area contributed by atoms with Gasteiger partial charge in [-0.05, 0) is 69.3 Å². The summed E-state index contributed by atoms with van der Waals surface area (Å²) in [6.45, 7) is 9.10. The summed E-state index contributed by atoms with van der Waals surface area (Å²) in [7, 11) is 0. The molecule has 0 unspecified atom stereocenters. The monoisotopic (exact) mass is 368 g/mol. The summed E-state index contributed by atoms with van der Waals surface area (Å²) in [6.07, 6.45) is 0.467. The Morgan fingerprint density at radius 1 is 1.00 bits per heavy atom. The average molecular weight is 368 g/mol. The van der Waals surface area contributed by atoms with Crippen molar-refractivity contribution in [1.29, 1.82) is 0 Å². The van der Waals surface area contributed by atoms with E-state index in [4.69, 9.17) is 4.74 Å². The van der Waals surface area contributed by atoms with Gasteiger partial charge in [0, 0.05) is 35.9 Å². The molecule has 5 heteroatoms. The number of ether oxygens (including phenoxy) is 1. The van der Waals surface area contributed by atoms with Gasteiger partial charge in [0.15, 0.2) is 12.4 Å². The average Bonchev–Trinajstić information content (AvgIpc) is 2.68. The fourth-order valence-electron chi connectivity index (χ4n) is 2.87. The first kappa shape index (κ1) is 20.5. The fourth-order valence-corrected chi connectivity index (χ4v) is 2.87. The van der Waals surface area contributed by atoms with Crippen molar-refractivity contribution in [3.63, 3.8) is 0 Å². The van der Waals surface area contributed by atoms with Crippen LogP contribution in [0.5, 0.6) is 5.75 Å². The molecule has 0 heterocycles. The molecule has 0 fully saturated rings. The van der Waals surface area contributed by atoms with Crippen LogP contribution in [0.15, 0.2) is 48.5 Å². The molecule has 2 aromatic carbocycles. The molecule has 5 nitrogen and oxygen atoms in total. The molecule has 0 saturated heterocycles. The van der Waals surface area contributed by atoms with E-state index in [1.165, 1.54) is 0 Å². The van der Waals surface area contributed by atoms with Gasteiger partial charge < -0.3 is 15.0 Å². The molecule has 0 aromatic heterocycles. The van der Waals surface area contributed by atoms with Crippen molar-refractivity contribution in [1.82, 2.24) is 0 Å². The van der Waals surface area contributed by atoms with E-state index in [1.54, 1.807) is 24.3 Å². The van der Waals surface area contributed by atoms with Gasteiger partial charge in [0.05, 0.1) is 0 Å². The third-order valence-electron chi connectivity index (χ3n) is 4.31. The Morgan fingerprint density at radius 3 is 2.15 bits per heavy atom. The number of carbonyl (C=O) groups is 2. The summed E-state index contributed by atoms with van der Waals surface area (Å²) < 4.78 is 5.49. The van der Waals surface area contributed by atoms with Gasteiger partial charge in [-0.2, -0.15) is 0 Å². The van der Waals surface area contributed by atoms with Gasteiger partial charge >= 0.3 is 0 Å². The highest BCUT2D eigenvalue weighted by Gasteiger charge is 2.09. The zero-order valence-electron chi connectivity index (χ0n) is 16.5. The molecule has 2 aromatic rings. The highest BCUT2D eigenvalue weighted by Crippen LogP contribution is 2.20. The molecule has 0 aliphatic heterocycles. The normalized spacial score (nSPS) is 10.6. The van der Waals surface area contributed by atoms with E-state index in [-0.39, 0.29) is 18.3 Å². The van der Waals surface area contributed by atoms with Crippen molar-refractivity contribution in [3.05, 3.63) is 54.1 Å². The van der Waals surface area contributed by atoms with E-state index in [0.29, 0.717) is 23.8 Å².